The van der Waals surface area contributed by atoms with E-state index in [4.69, 9.17) is 0 Å². The van der Waals surface area contributed by atoms with E-state index in [0.29, 0.717) is 10.7 Å². The molecule has 100 valence electrons. The summed E-state index contributed by atoms with van der Waals surface area (Å²) in [4.78, 5) is 12.7. The van der Waals surface area contributed by atoms with Crippen LogP contribution in [0.4, 0.5) is 0 Å². The Bertz CT molecular complexity index is 427. The summed E-state index contributed by atoms with van der Waals surface area (Å²) in [6.07, 6.45) is 4.83. The van der Waals surface area contributed by atoms with Crippen LogP contribution in [0.2, 0.25) is 0 Å². The van der Waals surface area contributed by atoms with Gasteiger partial charge in [0.25, 0.3) is 5.91 Å². The number of halogens is 3. The van der Waals surface area contributed by atoms with E-state index in [9.17, 15) is 4.79 Å². The SMILES string of the molecule is O=C(NCC1CCC(Br)CC1)c1cc(Br)sc1Br. The molecule has 1 saturated carbocycles. The smallest absolute Gasteiger partial charge is 0.253 e. The Morgan fingerprint density at radius 3 is 2.56 bits per heavy atom. The zero-order valence-electron chi connectivity index (χ0n) is 9.72. The van der Waals surface area contributed by atoms with Crippen molar-refractivity contribution >= 4 is 65.0 Å². The Labute approximate surface area is 136 Å². The Kier molecular flexibility index (Phi) is 5.72. The monoisotopic (exact) mass is 457 g/mol. The van der Waals surface area contributed by atoms with Gasteiger partial charge in [-0.15, -0.1) is 11.3 Å². The van der Waals surface area contributed by atoms with Crippen LogP contribution in [0.5, 0.6) is 0 Å². The number of carbonyl (C=O) groups is 1. The Hall–Kier alpha value is 0.610. The first-order valence-electron chi connectivity index (χ1n) is 5.93. The maximum Gasteiger partial charge on any atom is 0.253 e. The molecule has 2 rings (SSSR count). The lowest BCUT2D eigenvalue weighted by Gasteiger charge is -2.25. The summed E-state index contributed by atoms with van der Waals surface area (Å²) in [5, 5.41) is 3.04. The average molecular weight is 460 g/mol. The molecule has 1 aromatic rings. The van der Waals surface area contributed by atoms with Gasteiger partial charge in [0.2, 0.25) is 0 Å². The highest BCUT2D eigenvalue weighted by atomic mass is 79.9. The van der Waals surface area contributed by atoms with Crippen LogP contribution < -0.4 is 5.32 Å². The fourth-order valence-electron chi connectivity index (χ4n) is 2.15. The van der Waals surface area contributed by atoms with E-state index >= 15 is 0 Å². The molecule has 1 heterocycles. The number of thiophene rings is 1. The highest BCUT2D eigenvalue weighted by Gasteiger charge is 2.20. The first-order valence-corrected chi connectivity index (χ1v) is 9.25. The molecule has 1 fully saturated rings. The van der Waals surface area contributed by atoms with Crippen molar-refractivity contribution in [3.05, 3.63) is 19.2 Å². The molecule has 1 amide bonds. The predicted octanol–water partition coefficient (Wildman–Crippen LogP) is 4.96. The standard InChI is InChI=1S/C12H14Br3NOS/c13-8-3-1-7(2-4-8)6-16-12(17)9-5-10(14)18-11(9)15/h5,7-8H,1-4,6H2,(H,16,17). The number of nitrogens with one attached hydrogen (secondary N) is 1. The van der Waals surface area contributed by atoms with Crippen LogP contribution in [0, 0.1) is 5.92 Å². The Morgan fingerprint density at radius 2 is 2.00 bits per heavy atom. The molecule has 1 aromatic heterocycles. The zero-order chi connectivity index (χ0) is 13.1. The van der Waals surface area contributed by atoms with Crippen LogP contribution in [-0.2, 0) is 0 Å². The van der Waals surface area contributed by atoms with Gasteiger partial charge < -0.3 is 5.32 Å². The van der Waals surface area contributed by atoms with Crippen LogP contribution in [-0.4, -0.2) is 17.3 Å². The summed E-state index contributed by atoms with van der Waals surface area (Å²) < 4.78 is 1.86. The number of hydrogen-bond acceptors (Lipinski definition) is 2. The van der Waals surface area contributed by atoms with Crippen molar-refractivity contribution < 1.29 is 4.79 Å². The van der Waals surface area contributed by atoms with Gasteiger partial charge in [0.05, 0.1) is 13.1 Å². The summed E-state index contributed by atoms with van der Waals surface area (Å²) in [5.74, 6) is 0.647. The van der Waals surface area contributed by atoms with Crippen molar-refractivity contribution in [1.82, 2.24) is 5.32 Å². The van der Waals surface area contributed by atoms with Crippen LogP contribution in [0.1, 0.15) is 36.0 Å². The molecule has 1 aliphatic carbocycles. The second-order valence-corrected chi connectivity index (χ2v) is 9.61. The molecule has 1 aliphatic rings. The molecule has 0 unspecified atom stereocenters. The van der Waals surface area contributed by atoms with Gasteiger partial charge in [-0.25, -0.2) is 0 Å². The van der Waals surface area contributed by atoms with E-state index in [-0.39, 0.29) is 5.91 Å². The summed E-state index contributed by atoms with van der Waals surface area (Å²) in [6.45, 7) is 0.790. The van der Waals surface area contributed by atoms with Gasteiger partial charge in [-0.3, -0.25) is 4.79 Å². The number of alkyl halides is 1. The normalized spacial score (nSPS) is 23.9. The third kappa shape index (κ3) is 4.05. The summed E-state index contributed by atoms with van der Waals surface area (Å²) >= 11 is 12.0. The van der Waals surface area contributed by atoms with Crippen molar-refractivity contribution in [1.29, 1.82) is 0 Å². The van der Waals surface area contributed by atoms with Crippen LogP contribution in [0.25, 0.3) is 0 Å². The molecule has 6 heteroatoms. The molecule has 0 spiro atoms. The number of carbonyl (C=O) groups excluding carboxylic acids is 1. The van der Waals surface area contributed by atoms with Crippen LogP contribution >= 0.6 is 59.1 Å². The van der Waals surface area contributed by atoms with Crippen LogP contribution in [0.3, 0.4) is 0 Å². The minimum absolute atomic E-state index is 0.0183. The van der Waals surface area contributed by atoms with Crippen molar-refractivity contribution in [2.24, 2.45) is 5.92 Å². The summed E-state index contributed by atoms with van der Waals surface area (Å²) in [7, 11) is 0. The van der Waals surface area contributed by atoms with Crippen molar-refractivity contribution in [2.75, 3.05) is 6.54 Å². The lowest BCUT2D eigenvalue weighted by Crippen LogP contribution is -2.31. The molecule has 0 saturated heterocycles. The molecule has 0 bridgehead atoms. The quantitative estimate of drug-likeness (QED) is 0.636. The van der Waals surface area contributed by atoms with E-state index in [1.807, 2.05) is 6.07 Å². The molecule has 0 radical (unpaired) electrons. The summed E-state index contributed by atoms with van der Waals surface area (Å²) in [6, 6.07) is 1.86. The van der Waals surface area contributed by atoms with Gasteiger partial charge in [-0.1, -0.05) is 15.9 Å². The Balaban J connectivity index is 1.83. The number of rotatable bonds is 3. The van der Waals surface area contributed by atoms with Crippen molar-refractivity contribution in [2.45, 2.75) is 30.5 Å². The van der Waals surface area contributed by atoms with Gasteiger partial charge in [-0.05, 0) is 69.5 Å². The second-order valence-electron chi connectivity index (χ2n) is 4.57. The predicted molar refractivity (Wildman–Crippen MR) is 86.7 cm³/mol. The summed E-state index contributed by atoms with van der Waals surface area (Å²) in [5.41, 5.74) is 0.723. The molecule has 0 aromatic carbocycles. The maximum absolute atomic E-state index is 12.0. The average Bonchev–Trinajstić information content (AvgIpc) is 2.67. The molecular formula is C12H14Br3NOS. The first-order chi connectivity index (χ1) is 8.56. The highest BCUT2D eigenvalue weighted by Crippen LogP contribution is 2.32. The van der Waals surface area contributed by atoms with E-state index in [1.165, 1.54) is 37.0 Å². The minimum atomic E-state index is 0.0183. The fourth-order valence-corrected chi connectivity index (χ4v) is 5.48. The highest BCUT2D eigenvalue weighted by molar-refractivity contribution is 9.12. The van der Waals surface area contributed by atoms with E-state index in [0.717, 1.165) is 19.7 Å². The van der Waals surface area contributed by atoms with Gasteiger partial charge in [-0.2, -0.15) is 0 Å². The zero-order valence-corrected chi connectivity index (χ0v) is 15.3. The maximum atomic E-state index is 12.0. The molecule has 18 heavy (non-hydrogen) atoms. The van der Waals surface area contributed by atoms with Gasteiger partial charge >= 0.3 is 0 Å². The van der Waals surface area contributed by atoms with Crippen molar-refractivity contribution in [3.63, 3.8) is 0 Å². The van der Waals surface area contributed by atoms with Gasteiger partial charge in [0.1, 0.15) is 0 Å². The van der Waals surface area contributed by atoms with E-state index in [1.54, 1.807) is 0 Å². The Morgan fingerprint density at radius 1 is 1.33 bits per heavy atom. The van der Waals surface area contributed by atoms with Crippen LogP contribution in [0.15, 0.2) is 13.6 Å². The number of hydrogen-bond donors (Lipinski definition) is 1. The lowest BCUT2D eigenvalue weighted by molar-refractivity contribution is 0.0943. The molecular weight excluding hydrogens is 446 g/mol. The molecule has 0 atom stereocenters. The molecule has 1 N–H and O–H groups in total. The third-order valence-electron chi connectivity index (χ3n) is 3.23. The molecule has 2 nitrogen and oxygen atoms in total. The van der Waals surface area contributed by atoms with E-state index < -0.39 is 0 Å². The fraction of sp³-hybridized carbons (Fsp3) is 0.583. The molecule has 0 aliphatic heterocycles. The van der Waals surface area contributed by atoms with E-state index in [2.05, 4.69) is 53.1 Å². The topological polar surface area (TPSA) is 29.1 Å². The largest absolute Gasteiger partial charge is 0.352 e. The second kappa shape index (κ2) is 6.86. The first kappa shape index (κ1) is 15.0. The van der Waals surface area contributed by atoms with Crippen molar-refractivity contribution in [3.8, 4) is 0 Å². The number of amides is 1. The lowest BCUT2D eigenvalue weighted by atomic mass is 9.89. The van der Waals surface area contributed by atoms with Gasteiger partial charge in [0.15, 0.2) is 0 Å². The van der Waals surface area contributed by atoms with Gasteiger partial charge in [0, 0.05) is 11.4 Å². The minimum Gasteiger partial charge on any atom is -0.352 e. The third-order valence-corrected chi connectivity index (χ3v) is 6.48.